The van der Waals surface area contributed by atoms with Gasteiger partial charge in [-0.25, -0.2) is 0 Å². The lowest BCUT2D eigenvalue weighted by Crippen LogP contribution is -2.44. The lowest BCUT2D eigenvalue weighted by molar-refractivity contribution is -0.138. The van der Waals surface area contributed by atoms with Crippen molar-refractivity contribution in [1.29, 1.82) is 0 Å². The number of guanidine groups is 1. The highest BCUT2D eigenvalue weighted by atomic mass is 16.2. The molecule has 0 aromatic heterocycles. The van der Waals surface area contributed by atoms with Crippen molar-refractivity contribution in [2.24, 2.45) is 10.4 Å². The molecule has 1 rings (SSSR count). The van der Waals surface area contributed by atoms with Gasteiger partial charge in [-0.2, -0.15) is 0 Å². The standard InChI is InChI=1S/C17H35N5O/c1-6-18-16(19-12-13-22(5)7-2)20-14-17(10-8-9-11-17)15(23)21(3)4/h6-14H2,1-5H3,(H2,18,19,20). The highest BCUT2D eigenvalue weighted by Crippen LogP contribution is 2.39. The van der Waals surface area contributed by atoms with Crippen molar-refractivity contribution < 1.29 is 4.79 Å². The summed E-state index contributed by atoms with van der Waals surface area (Å²) in [4.78, 5) is 21.3. The van der Waals surface area contributed by atoms with Gasteiger partial charge in [0.25, 0.3) is 0 Å². The number of carbonyl (C=O) groups is 1. The van der Waals surface area contributed by atoms with E-state index in [9.17, 15) is 4.79 Å². The maximum absolute atomic E-state index is 12.6. The SMILES string of the molecule is CCNC(=NCC1(C(=O)N(C)C)CCCC1)NCCN(C)CC. The molecule has 0 spiro atoms. The van der Waals surface area contributed by atoms with Crippen LogP contribution in [0.3, 0.4) is 0 Å². The van der Waals surface area contributed by atoms with Gasteiger partial charge >= 0.3 is 0 Å². The minimum absolute atomic E-state index is 0.223. The molecule has 23 heavy (non-hydrogen) atoms. The Hall–Kier alpha value is -1.30. The molecule has 0 saturated heterocycles. The zero-order chi connectivity index (χ0) is 17.3. The van der Waals surface area contributed by atoms with E-state index in [1.54, 1.807) is 4.90 Å². The lowest BCUT2D eigenvalue weighted by Gasteiger charge is -2.29. The number of aliphatic imine (C=N–C) groups is 1. The zero-order valence-electron chi connectivity index (χ0n) is 15.6. The average molecular weight is 326 g/mol. The maximum Gasteiger partial charge on any atom is 0.230 e. The third-order valence-electron chi connectivity index (χ3n) is 4.63. The normalized spacial score (nSPS) is 17.4. The van der Waals surface area contributed by atoms with Crippen LogP contribution in [0, 0.1) is 5.41 Å². The molecule has 0 aliphatic heterocycles. The number of hydrogen-bond donors (Lipinski definition) is 2. The highest BCUT2D eigenvalue weighted by molar-refractivity contribution is 5.84. The number of hydrogen-bond acceptors (Lipinski definition) is 3. The van der Waals surface area contributed by atoms with Crippen LogP contribution in [0.2, 0.25) is 0 Å². The van der Waals surface area contributed by atoms with Gasteiger partial charge in [0.1, 0.15) is 0 Å². The summed E-state index contributed by atoms with van der Waals surface area (Å²) in [6, 6.07) is 0. The molecular weight excluding hydrogens is 290 g/mol. The van der Waals surface area contributed by atoms with Crippen molar-refractivity contribution in [3.05, 3.63) is 0 Å². The van der Waals surface area contributed by atoms with E-state index < -0.39 is 0 Å². The van der Waals surface area contributed by atoms with E-state index in [0.717, 1.165) is 57.8 Å². The summed E-state index contributed by atoms with van der Waals surface area (Å²) >= 11 is 0. The van der Waals surface area contributed by atoms with Crippen LogP contribution in [0.4, 0.5) is 0 Å². The number of amides is 1. The Morgan fingerprint density at radius 1 is 1.13 bits per heavy atom. The first kappa shape index (κ1) is 19.7. The fourth-order valence-electron chi connectivity index (χ4n) is 3.06. The highest BCUT2D eigenvalue weighted by Gasteiger charge is 2.41. The molecule has 1 saturated carbocycles. The molecule has 6 heteroatoms. The van der Waals surface area contributed by atoms with Crippen LogP contribution in [-0.2, 0) is 4.79 Å². The Bertz CT molecular complexity index is 388. The van der Waals surface area contributed by atoms with E-state index in [2.05, 4.69) is 36.4 Å². The van der Waals surface area contributed by atoms with E-state index in [1.165, 1.54) is 0 Å². The summed E-state index contributed by atoms with van der Waals surface area (Å²) < 4.78 is 0. The quantitative estimate of drug-likeness (QED) is 0.519. The van der Waals surface area contributed by atoms with Gasteiger partial charge in [-0.3, -0.25) is 9.79 Å². The van der Waals surface area contributed by atoms with Crippen molar-refractivity contribution in [3.8, 4) is 0 Å². The Labute approximate surface area is 141 Å². The number of nitrogens with zero attached hydrogens (tertiary/aromatic N) is 3. The van der Waals surface area contributed by atoms with Gasteiger partial charge in [0.2, 0.25) is 5.91 Å². The summed E-state index contributed by atoms with van der Waals surface area (Å²) in [7, 11) is 5.79. The molecule has 1 aliphatic rings. The zero-order valence-corrected chi connectivity index (χ0v) is 15.6. The van der Waals surface area contributed by atoms with E-state index in [0.29, 0.717) is 6.54 Å². The summed E-state index contributed by atoms with van der Waals surface area (Å²) in [5.74, 6) is 1.04. The van der Waals surface area contributed by atoms with E-state index in [4.69, 9.17) is 4.99 Å². The third kappa shape index (κ3) is 6.01. The second-order valence-corrected chi connectivity index (χ2v) is 6.70. The van der Waals surface area contributed by atoms with Crippen LogP contribution in [-0.4, -0.2) is 75.5 Å². The summed E-state index contributed by atoms with van der Waals surface area (Å²) in [6.45, 7) is 8.47. The number of nitrogens with one attached hydrogen (secondary N) is 2. The second kappa shape index (κ2) is 9.75. The number of likely N-dealkylation sites (N-methyl/N-ethyl adjacent to an activating group) is 1. The third-order valence-corrected chi connectivity index (χ3v) is 4.63. The Morgan fingerprint density at radius 2 is 1.78 bits per heavy atom. The molecule has 0 radical (unpaired) electrons. The Morgan fingerprint density at radius 3 is 2.30 bits per heavy atom. The summed E-state index contributed by atoms with van der Waals surface area (Å²) in [5, 5.41) is 6.65. The van der Waals surface area contributed by atoms with Gasteiger partial charge in [-0.05, 0) is 33.4 Å². The molecule has 0 aromatic rings. The van der Waals surface area contributed by atoms with E-state index in [-0.39, 0.29) is 11.3 Å². The largest absolute Gasteiger partial charge is 0.357 e. The number of carbonyl (C=O) groups excluding carboxylic acids is 1. The molecule has 0 heterocycles. The average Bonchev–Trinajstić information content (AvgIpc) is 3.01. The maximum atomic E-state index is 12.6. The molecule has 1 fully saturated rings. The lowest BCUT2D eigenvalue weighted by atomic mass is 9.85. The molecule has 1 amide bonds. The van der Waals surface area contributed by atoms with Crippen molar-refractivity contribution in [2.75, 3.05) is 53.9 Å². The molecule has 2 N–H and O–H groups in total. The van der Waals surface area contributed by atoms with Crippen molar-refractivity contribution >= 4 is 11.9 Å². The molecule has 134 valence electrons. The molecule has 1 aliphatic carbocycles. The van der Waals surface area contributed by atoms with Crippen LogP contribution >= 0.6 is 0 Å². The van der Waals surface area contributed by atoms with Crippen LogP contribution in [0.1, 0.15) is 39.5 Å². The molecule has 0 aromatic carbocycles. The molecule has 0 bridgehead atoms. The first-order valence-electron chi connectivity index (χ1n) is 8.87. The minimum atomic E-state index is -0.300. The van der Waals surface area contributed by atoms with Crippen LogP contribution in [0.5, 0.6) is 0 Å². The first-order valence-corrected chi connectivity index (χ1v) is 8.87. The van der Waals surface area contributed by atoms with Gasteiger partial charge in [0.15, 0.2) is 5.96 Å². The van der Waals surface area contributed by atoms with Crippen LogP contribution in [0.25, 0.3) is 0 Å². The van der Waals surface area contributed by atoms with Gasteiger partial charge in [-0.15, -0.1) is 0 Å². The van der Waals surface area contributed by atoms with Crippen LogP contribution in [0.15, 0.2) is 4.99 Å². The molecular formula is C17H35N5O. The van der Waals surface area contributed by atoms with Gasteiger partial charge in [0, 0.05) is 33.7 Å². The minimum Gasteiger partial charge on any atom is -0.357 e. The fourth-order valence-corrected chi connectivity index (χ4v) is 3.06. The first-order chi connectivity index (χ1) is 10.9. The predicted octanol–water partition coefficient (Wildman–Crippen LogP) is 1.14. The molecule has 0 atom stereocenters. The van der Waals surface area contributed by atoms with Crippen molar-refractivity contribution in [3.63, 3.8) is 0 Å². The topological polar surface area (TPSA) is 60.0 Å². The number of rotatable bonds is 8. The summed E-state index contributed by atoms with van der Waals surface area (Å²) in [6.07, 6.45) is 4.15. The van der Waals surface area contributed by atoms with Gasteiger partial charge in [-0.1, -0.05) is 19.8 Å². The Kier molecular flexibility index (Phi) is 8.37. The van der Waals surface area contributed by atoms with Crippen LogP contribution < -0.4 is 10.6 Å². The fraction of sp³-hybridized carbons (Fsp3) is 0.882. The second-order valence-electron chi connectivity index (χ2n) is 6.70. The van der Waals surface area contributed by atoms with Gasteiger partial charge in [0.05, 0.1) is 12.0 Å². The van der Waals surface area contributed by atoms with Crippen molar-refractivity contribution in [2.45, 2.75) is 39.5 Å². The summed E-state index contributed by atoms with van der Waals surface area (Å²) in [5.41, 5.74) is -0.300. The Balaban J connectivity index is 2.67. The van der Waals surface area contributed by atoms with E-state index >= 15 is 0 Å². The predicted molar refractivity (Wildman–Crippen MR) is 96.7 cm³/mol. The molecule has 0 unspecified atom stereocenters. The van der Waals surface area contributed by atoms with Gasteiger partial charge < -0.3 is 20.4 Å². The monoisotopic (exact) mass is 325 g/mol. The van der Waals surface area contributed by atoms with Crippen molar-refractivity contribution in [1.82, 2.24) is 20.4 Å². The smallest absolute Gasteiger partial charge is 0.230 e. The molecule has 6 nitrogen and oxygen atoms in total. The van der Waals surface area contributed by atoms with E-state index in [1.807, 2.05) is 14.1 Å².